The smallest absolute Gasteiger partial charge is 0.343 e. The van der Waals surface area contributed by atoms with Crippen LogP contribution in [0.1, 0.15) is 53.2 Å². The Bertz CT molecular complexity index is 1480. The van der Waals surface area contributed by atoms with Crippen molar-refractivity contribution < 1.29 is 43.1 Å². The third kappa shape index (κ3) is 6.32. The summed E-state index contributed by atoms with van der Waals surface area (Å²) in [5.74, 6) is -0.691. The van der Waals surface area contributed by atoms with Crippen molar-refractivity contribution in [2.24, 2.45) is 0 Å². The molecule has 3 aromatic rings. The summed E-state index contributed by atoms with van der Waals surface area (Å²) in [7, 11) is 2.98. The number of H-pyrrole nitrogens is 1. The molecular weight excluding hydrogens is 536 g/mol. The van der Waals surface area contributed by atoms with Crippen LogP contribution in [0.2, 0.25) is 0 Å². The van der Waals surface area contributed by atoms with Crippen LogP contribution in [0, 0.1) is 0 Å². The number of hydrogen-bond acceptors (Lipinski definition) is 10. The molecule has 2 heterocycles. The van der Waals surface area contributed by atoms with Gasteiger partial charge in [-0.05, 0) is 49.2 Å². The number of carbonyl (C=O) groups is 2. The van der Waals surface area contributed by atoms with E-state index in [4.69, 9.17) is 28.4 Å². The Morgan fingerprint density at radius 3 is 2.54 bits per heavy atom. The molecule has 1 amide bonds. The van der Waals surface area contributed by atoms with Crippen LogP contribution in [0.25, 0.3) is 0 Å². The Labute approximate surface area is 236 Å². The minimum Gasteiger partial charge on any atom is -0.506 e. The van der Waals surface area contributed by atoms with E-state index in [1.54, 1.807) is 44.4 Å². The number of carbonyl (C=O) groups excluding carboxylic acids is 2. The van der Waals surface area contributed by atoms with Gasteiger partial charge in [0.1, 0.15) is 11.3 Å². The minimum atomic E-state index is -1.01. The summed E-state index contributed by atoms with van der Waals surface area (Å²) < 4.78 is 32.4. The van der Waals surface area contributed by atoms with Crippen molar-refractivity contribution in [3.8, 4) is 34.5 Å². The zero-order valence-corrected chi connectivity index (χ0v) is 23.2. The number of esters is 1. The number of fused-ring (bicyclic) bond motifs is 1. The van der Waals surface area contributed by atoms with Gasteiger partial charge in [-0.2, -0.15) is 0 Å². The van der Waals surface area contributed by atoms with Crippen LogP contribution in [-0.2, 0) is 16.1 Å². The lowest BCUT2D eigenvalue weighted by atomic mass is 9.87. The predicted molar refractivity (Wildman–Crippen MR) is 146 cm³/mol. The van der Waals surface area contributed by atoms with E-state index in [1.165, 1.54) is 7.11 Å². The highest BCUT2D eigenvalue weighted by atomic mass is 16.7. The Morgan fingerprint density at radius 2 is 1.83 bits per heavy atom. The van der Waals surface area contributed by atoms with E-state index >= 15 is 0 Å². The molecule has 0 saturated heterocycles. The molecule has 0 bridgehead atoms. The van der Waals surface area contributed by atoms with Gasteiger partial charge in [0.25, 0.3) is 5.56 Å². The first-order valence-corrected chi connectivity index (χ1v) is 13.0. The molecule has 12 heteroatoms. The van der Waals surface area contributed by atoms with Crippen molar-refractivity contribution in [1.29, 1.82) is 0 Å². The second-order valence-corrected chi connectivity index (χ2v) is 8.92. The molecule has 0 fully saturated rings. The van der Waals surface area contributed by atoms with Crippen molar-refractivity contribution in [2.45, 2.75) is 32.7 Å². The molecule has 1 atom stereocenters. The number of methoxy groups -OCH3 is 2. The molecule has 2 aromatic carbocycles. The van der Waals surface area contributed by atoms with E-state index in [0.29, 0.717) is 40.9 Å². The van der Waals surface area contributed by atoms with Gasteiger partial charge in [-0.25, -0.2) is 4.79 Å². The molecule has 3 N–H and O–H groups in total. The van der Waals surface area contributed by atoms with Crippen molar-refractivity contribution in [1.82, 2.24) is 10.3 Å². The lowest BCUT2D eigenvalue weighted by Gasteiger charge is -2.20. The van der Waals surface area contributed by atoms with Crippen molar-refractivity contribution in [3.05, 3.63) is 69.1 Å². The summed E-state index contributed by atoms with van der Waals surface area (Å²) >= 11 is 0. The molecule has 0 radical (unpaired) electrons. The van der Waals surface area contributed by atoms with Gasteiger partial charge in [0, 0.05) is 25.1 Å². The van der Waals surface area contributed by atoms with Crippen LogP contribution in [0.4, 0.5) is 0 Å². The number of ether oxygens (including phenoxy) is 6. The summed E-state index contributed by atoms with van der Waals surface area (Å²) in [6.45, 7) is 4.10. The number of aromatic nitrogens is 1. The number of aromatic amines is 1. The maximum Gasteiger partial charge on any atom is 0.343 e. The molecule has 4 rings (SSSR count). The maximum atomic E-state index is 13.3. The zero-order valence-electron chi connectivity index (χ0n) is 23.2. The van der Waals surface area contributed by atoms with Gasteiger partial charge < -0.3 is 43.8 Å². The monoisotopic (exact) mass is 568 g/mol. The average Bonchev–Trinajstić information content (AvgIpc) is 3.44. The Balaban J connectivity index is 1.69. The molecule has 41 heavy (non-hydrogen) atoms. The largest absolute Gasteiger partial charge is 0.506 e. The van der Waals surface area contributed by atoms with Crippen LogP contribution in [-0.4, -0.2) is 56.2 Å². The van der Waals surface area contributed by atoms with E-state index in [9.17, 15) is 19.5 Å². The first-order chi connectivity index (χ1) is 19.8. The zero-order chi connectivity index (χ0) is 29.5. The lowest BCUT2D eigenvalue weighted by Crippen LogP contribution is -2.28. The molecule has 0 aliphatic carbocycles. The highest BCUT2D eigenvalue weighted by molar-refractivity contribution is 5.92. The lowest BCUT2D eigenvalue weighted by molar-refractivity contribution is -0.121. The van der Waals surface area contributed by atoms with Gasteiger partial charge in [0.2, 0.25) is 18.4 Å². The highest BCUT2D eigenvalue weighted by Crippen LogP contribution is 2.45. The third-order valence-corrected chi connectivity index (χ3v) is 6.44. The molecule has 0 saturated carbocycles. The number of aromatic hydroxyl groups is 1. The minimum absolute atomic E-state index is 0.0317. The molecule has 1 aliphatic rings. The number of nitrogens with one attached hydrogen (secondary N) is 2. The Hall–Kier alpha value is -4.87. The Kier molecular flexibility index (Phi) is 9.23. The third-order valence-electron chi connectivity index (χ3n) is 6.44. The van der Waals surface area contributed by atoms with Gasteiger partial charge in [-0.15, -0.1) is 0 Å². The summed E-state index contributed by atoms with van der Waals surface area (Å²) in [5, 5.41) is 13.9. The van der Waals surface area contributed by atoms with Gasteiger partial charge in [0.15, 0.2) is 23.0 Å². The van der Waals surface area contributed by atoms with Gasteiger partial charge >= 0.3 is 5.97 Å². The van der Waals surface area contributed by atoms with Crippen LogP contribution in [0.5, 0.6) is 34.5 Å². The number of rotatable bonds is 12. The fourth-order valence-corrected chi connectivity index (χ4v) is 4.52. The van der Waals surface area contributed by atoms with Crippen molar-refractivity contribution in [2.75, 3.05) is 34.2 Å². The highest BCUT2D eigenvalue weighted by Gasteiger charge is 2.31. The SMILES string of the molecule is CCOC(=O)c1c[nH]c(=O)c([C@@H](CC(=O)NCc2ccc(OC)c(OCC)c2)c2cc(OC)c3c(c2)OCO3)c1O. The van der Waals surface area contributed by atoms with E-state index in [-0.39, 0.29) is 37.5 Å². The first kappa shape index (κ1) is 29.1. The van der Waals surface area contributed by atoms with Crippen LogP contribution < -0.4 is 34.6 Å². The number of amides is 1. The number of pyridine rings is 1. The van der Waals surface area contributed by atoms with Crippen LogP contribution >= 0.6 is 0 Å². The average molecular weight is 569 g/mol. The van der Waals surface area contributed by atoms with Gasteiger partial charge in [0.05, 0.1) is 33.0 Å². The van der Waals surface area contributed by atoms with E-state index < -0.39 is 29.1 Å². The first-order valence-electron chi connectivity index (χ1n) is 13.0. The summed E-state index contributed by atoms with van der Waals surface area (Å²) in [6.07, 6.45) is 0.816. The topological polar surface area (TPSA) is 155 Å². The quantitative estimate of drug-likeness (QED) is 0.277. The maximum absolute atomic E-state index is 13.3. The number of hydrogen-bond donors (Lipinski definition) is 3. The number of benzene rings is 2. The summed E-state index contributed by atoms with van der Waals surface area (Å²) in [5.41, 5.74) is 0.0810. The molecule has 12 nitrogen and oxygen atoms in total. The molecule has 0 unspecified atom stereocenters. The fraction of sp³-hybridized carbons (Fsp3) is 0.345. The second kappa shape index (κ2) is 13.0. The standard InChI is InChI=1S/C29H32N2O10/c1-5-38-21-9-16(7-8-20(21)36-3)13-30-24(32)12-18(17-10-22(37-4)27-23(11-17)40-15-41-27)25-26(33)19(14-31-28(25)34)29(35)39-6-2/h7-11,14,18H,5-6,12-13,15H2,1-4H3,(H,30,32)(H2,31,33,34)/t18-/m0/s1. The molecule has 1 aromatic heterocycles. The van der Waals surface area contributed by atoms with Crippen molar-refractivity contribution >= 4 is 11.9 Å². The van der Waals surface area contributed by atoms with E-state index in [0.717, 1.165) is 11.8 Å². The predicted octanol–water partition coefficient (Wildman–Crippen LogP) is 3.24. The molecule has 1 aliphatic heterocycles. The van der Waals surface area contributed by atoms with E-state index in [1.807, 2.05) is 6.92 Å². The summed E-state index contributed by atoms with van der Waals surface area (Å²) in [6, 6.07) is 8.51. The van der Waals surface area contributed by atoms with Crippen LogP contribution in [0.3, 0.4) is 0 Å². The van der Waals surface area contributed by atoms with Crippen molar-refractivity contribution in [3.63, 3.8) is 0 Å². The second-order valence-electron chi connectivity index (χ2n) is 8.92. The molecule has 218 valence electrons. The van der Waals surface area contributed by atoms with Crippen LogP contribution in [0.15, 0.2) is 41.3 Å². The fourth-order valence-electron chi connectivity index (χ4n) is 4.52. The normalized spacial score (nSPS) is 12.4. The van der Waals surface area contributed by atoms with Gasteiger partial charge in [-0.1, -0.05) is 6.07 Å². The molecule has 0 spiro atoms. The summed E-state index contributed by atoms with van der Waals surface area (Å²) in [4.78, 5) is 41.3. The molecular formula is C29H32N2O10. The van der Waals surface area contributed by atoms with E-state index in [2.05, 4.69) is 10.3 Å². The Morgan fingerprint density at radius 1 is 1.05 bits per heavy atom. The van der Waals surface area contributed by atoms with Gasteiger partial charge in [-0.3, -0.25) is 9.59 Å².